The minimum absolute atomic E-state index is 0.111. The number of hydrogen-bond donors (Lipinski definition) is 0. The van der Waals surface area contributed by atoms with Gasteiger partial charge in [-0.3, -0.25) is 19.8 Å². The number of carbonyl (C=O) groups excluding carboxylic acids is 2. The van der Waals surface area contributed by atoms with E-state index in [1.165, 1.54) is 43.8 Å². The molecule has 1 aromatic rings. The van der Waals surface area contributed by atoms with Gasteiger partial charge in [-0.1, -0.05) is 12.1 Å². The molecule has 1 aromatic carbocycles. The summed E-state index contributed by atoms with van der Waals surface area (Å²) in [5, 5.41) is 11.0. The first-order valence-electron chi connectivity index (χ1n) is 6.43. The first-order chi connectivity index (χ1) is 10.5. The van der Waals surface area contributed by atoms with Gasteiger partial charge in [-0.25, -0.2) is 4.79 Å². The average Bonchev–Trinajstić information content (AvgIpc) is 2.53. The van der Waals surface area contributed by atoms with Crippen molar-refractivity contribution in [3.63, 3.8) is 0 Å². The van der Waals surface area contributed by atoms with Crippen LogP contribution in [0.4, 0.5) is 5.69 Å². The Balaban J connectivity index is 2.43. The van der Waals surface area contributed by atoms with E-state index >= 15 is 0 Å². The number of esters is 1. The van der Waals surface area contributed by atoms with Crippen LogP contribution in [0.2, 0.25) is 0 Å². The SMILES string of the molecule is COC(=O)[C@@H]1[C@@H](C)OC=CN1C(=O)c1ccccc1[N+](=O)[O-]. The molecule has 0 unspecified atom stereocenters. The van der Waals surface area contributed by atoms with Crippen molar-refractivity contribution in [2.45, 2.75) is 19.1 Å². The van der Waals surface area contributed by atoms with Crippen molar-refractivity contribution in [3.8, 4) is 0 Å². The molecule has 0 fully saturated rings. The van der Waals surface area contributed by atoms with Crippen LogP contribution in [-0.4, -0.2) is 41.0 Å². The molecule has 1 heterocycles. The van der Waals surface area contributed by atoms with Crippen LogP contribution in [0.25, 0.3) is 0 Å². The maximum absolute atomic E-state index is 12.6. The number of para-hydroxylation sites is 1. The minimum Gasteiger partial charge on any atom is -0.494 e. The quantitative estimate of drug-likeness (QED) is 0.476. The van der Waals surface area contributed by atoms with Gasteiger partial charge in [-0.2, -0.15) is 0 Å². The van der Waals surface area contributed by atoms with E-state index in [2.05, 4.69) is 4.74 Å². The van der Waals surface area contributed by atoms with Gasteiger partial charge in [0.1, 0.15) is 11.7 Å². The lowest BCUT2D eigenvalue weighted by atomic mass is 10.1. The highest BCUT2D eigenvalue weighted by Crippen LogP contribution is 2.24. The molecular weight excluding hydrogens is 292 g/mol. The first kappa shape index (κ1) is 15.5. The molecule has 0 saturated heterocycles. The van der Waals surface area contributed by atoms with E-state index in [4.69, 9.17) is 4.74 Å². The summed E-state index contributed by atoms with van der Waals surface area (Å²) in [6.45, 7) is 1.60. The van der Waals surface area contributed by atoms with E-state index < -0.39 is 28.9 Å². The fourth-order valence-corrected chi connectivity index (χ4v) is 2.19. The molecule has 22 heavy (non-hydrogen) atoms. The maximum atomic E-state index is 12.6. The molecular formula is C14H14N2O6. The third kappa shape index (κ3) is 2.76. The minimum atomic E-state index is -1.01. The lowest BCUT2D eigenvalue weighted by Gasteiger charge is -2.33. The van der Waals surface area contributed by atoms with E-state index in [-0.39, 0.29) is 11.3 Å². The van der Waals surface area contributed by atoms with Crippen LogP contribution in [-0.2, 0) is 14.3 Å². The van der Waals surface area contributed by atoms with E-state index in [0.29, 0.717) is 0 Å². The Hall–Kier alpha value is -2.90. The molecule has 8 nitrogen and oxygen atoms in total. The summed E-state index contributed by atoms with van der Waals surface area (Å²) in [7, 11) is 1.20. The fraction of sp³-hybridized carbons (Fsp3) is 0.286. The predicted octanol–water partition coefficient (Wildman–Crippen LogP) is 1.47. The van der Waals surface area contributed by atoms with Crippen molar-refractivity contribution in [1.82, 2.24) is 4.90 Å². The first-order valence-corrected chi connectivity index (χ1v) is 6.43. The molecule has 116 valence electrons. The average molecular weight is 306 g/mol. The van der Waals surface area contributed by atoms with Crippen LogP contribution in [0.1, 0.15) is 17.3 Å². The molecule has 0 N–H and O–H groups in total. The highest BCUT2D eigenvalue weighted by Gasteiger charge is 2.39. The topological polar surface area (TPSA) is 99.0 Å². The summed E-state index contributed by atoms with van der Waals surface area (Å²) in [5.74, 6) is -1.34. The molecule has 2 atom stereocenters. The Kier molecular flexibility index (Phi) is 4.40. The molecule has 8 heteroatoms. The number of carbonyl (C=O) groups is 2. The van der Waals surface area contributed by atoms with Crippen molar-refractivity contribution >= 4 is 17.6 Å². The number of nitro benzene ring substituents is 1. The van der Waals surface area contributed by atoms with Gasteiger partial charge < -0.3 is 9.47 Å². The Labute approximate surface area is 126 Å². The molecule has 0 aliphatic carbocycles. The number of nitro groups is 1. The smallest absolute Gasteiger partial charge is 0.332 e. The molecule has 1 aliphatic heterocycles. The Morgan fingerprint density at radius 2 is 2.05 bits per heavy atom. The molecule has 1 aliphatic rings. The zero-order valence-electron chi connectivity index (χ0n) is 12.0. The lowest BCUT2D eigenvalue weighted by Crippen LogP contribution is -2.51. The summed E-state index contributed by atoms with van der Waals surface area (Å²) in [6, 6.07) is 4.53. The molecule has 1 amide bonds. The second-order valence-electron chi connectivity index (χ2n) is 4.58. The van der Waals surface area contributed by atoms with Crippen molar-refractivity contribution in [1.29, 1.82) is 0 Å². The molecule has 0 radical (unpaired) electrons. The van der Waals surface area contributed by atoms with Crippen LogP contribution in [0.5, 0.6) is 0 Å². The largest absolute Gasteiger partial charge is 0.494 e. The molecule has 0 spiro atoms. The number of amides is 1. The maximum Gasteiger partial charge on any atom is 0.332 e. The number of methoxy groups -OCH3 is 1. The van der Waals surface area contributed by atoms with Gasteiger partial charge >= 0.3 is 5.97 Å². The molecule has 0 saturated carbocycles. The third-order valence-electron chi connectivity index (χ3n) is 3.27. The van der Waals surface area contributed by atoms with Crippen LogP contribution >= 0.6 is 0 Å². The van der Waals surface area contributed by atoms with Gasteiger partial charge in [0.05, 0.1) is 18.3 Å². The van der Waals surface area contributed by atoms with E-state index in [0.717, 1.165) is 4.90 Å². The third-order valence-corrected chi connectivity index (χ3v) is 3.27. The summed E-state index contributed by atoms with van der Waals surface area (Å²) in [6.07, 6.45) is 1.89. The van der Waals surface area contributed by atoms with Crippen molar-refractivity contribution in [3.05, 3.63) is 52.4 Å². The lowest BCUT2D eigenvalue weighted by molar-refractivity contribution is -0.385. The number of rotatable bonds is 3. The van der Waals surface area contributed by atoms with Gasteiger partial charge in [-0.05, 0) is 13.0 Å². The second kappa shape index (κ2) is 6.25. The number of ether oxygens (including phenoxy) is 2. The zero-order chi connectivity index (χ0) is 16.3. The van der Waals surface area contributed by atoms with E-state index in [1.54, 1.807) is 6.92 Å². The van der Waals surface area contributed by atoms with Gasteiger partial charge in [0.25, 0.3) is 11.6 Å². The van der Waals surface area contributed by atoms with Crippen LogP contribution < -0.4 is 0 Å². The van der Waals surface area contributed by atoms with Crippen molar-refractivity contribution < 1.29 is 24.0 Å². The van der Waals surface area contributed by atoms with E-state index in [1.807, 2.05) is 0 Å². The molecule has 0 aromatic heterocycles. The predicted molar refractivity (Wildman–Crippen MR) is 74.8 cm³/mol. The van der Waals surface area contributed by atoms with Crippen LogP contribution in [0.15, 0.2) is 36.7 Å². The number of hydrogen-bond acceptors (Lipinski definition) is 6. The summed E-state index contributed by atoms with van der Waals surface area (Å²) in [4.78, 5) is 36.0. The number of nitrogens with zero attached hydrogens (tertiary/aromatic N) is 2. The second-order valence-corrected chi connectivity index (χ2v) is 4.58. The van der Waals surface area contributed by atoms with E-state index in [9.17, 15) is 19.7 Å². The normalized spacial score (nSPS) is 20.2. The standard InChI is InChI=1S/C14H14N2O6/c1-9-12(14(18)21-2)15(7-8-22-9)13(17)10-5-3-4-6-11(10)16(19)20/h3-9,12H,1-2H3/t9-,12+/m1/s1. The van der Waals surface area contributed by atoms with Gasteiger partial charge in [0.2, 0.25) is 0 Å². The Morgan fingerprint density at radius 3 is 2.68 bits per heavy atom. The Morgan fingerprint density at radius 1 is 1.36 bits per heavy atom. The van der Waals surface area contributed by atoms with Crippen molar-refractivity contribution in [2.75, 3.05) is 7.11 Å². The summed E-state index contributed by atoms with van der Waals surface area (Å²) in [5.41, 5.74) is -0.441. The van der Waals surface area contributed by atoms with Crippen LogP contribution in [0.3, 0.4) is 0 Å². The highest BCUT2D eigenvalue weighted by atomic mass is 16.6. The van der Waals surface area contributed by atoms with Gasteiger partial charge in [-0.15, -0.1) is 0 Å². The summed E-state index contributed by atoms with van der Waals surface area (Å²) >= 11 is 0. The molecule has 2 rings (SSSR count). The monoisotopic (exact) mass is 306 g/mol. The highest BCUT2D eigenvalue weighted by molar-refractivity contribution is 6.01. The Bertz CT molecular complexity index is 642. The fourth-order valence-electron chi connectivity index (χ4n) is 2.19. The van der Waals surface area contributed by atoms with Crippen LogP contribution in [0, 0.1) is 10.1 Å². The van der Waals surface area contributed by atoms with Gasteiger partial charge in [0, 0.05) is 12.3 Å². The molecule has 0 bridgehead atoms. The van der Waals surface area contributed by atoms with Gasteiger partial charge in [0.15, 0.2) is 6.04 Å². The number of benzene rings is 1. The zero-order valence-corrected chi connectivity index (χ0v) is 12.0. The van der Waals surface area contributed by atoms with Crippen molar-refractivity contribution in [2.24, 2.45) is 0 Å². The summed E-state index contributed by atoms with van der Waals surface area (Å²) < 4.78 is 9.87.